The molecule has 0 spiro atoms. The van der Waals surface area contributed by atoms with E-state index in [9.17, 15) is 13.2 Å². The average Bonchev–Trinajstić information content (AvgIpc) is 2.37. The molecule has 0 saturated heterocycles. The van der Waals surface area contributed by atoms with Gasteiger partial charge in [0, 0.05) is 10.5 Å². The highest BCUT2D eigenvalue weighted by Gasteiger charge is 2.27. The lowest BCUT2D eigenvalue weighted by molar-refractivity contribution is -0.139. The SMILES string of the molecule is COc1ccc(Br)c(S(=O)(=O)NC(CC(C)C)C(=O)O)c1. The molecule has 8 heteroatoms. The summed E-state index contributed by atoms with van der Waals surface area (Å²) in [6, 6.07) is 3.30. The Hall–Kier alpha value is -1.12. The van der Waals surface area contributed by atoms with E-state index in [1.165, 1.54) is 19.2 Å². The topological polar surface area (TPSA) is 92.7 Å². The molecule has 0 aliphatic carbocycles. The van der Waals surface area contributed by atoms with E-state index in [1.807, 2.05) is 13.8 Å². The maximum Gasteiger partial charge on any atom is 0.321 e. The van der Waals surface area contributed by atoms with Gasteiger partial charge in [0.15, 0.2) is 0 Å². The highest BCUT2D eigenvalue weighted by atomic mass is 79.9. The Bertz CT molecular complexity index is 615. The molecule has 21 heavy (non-hydrogen) atoms. The van der Waals surface area contributed by atoms with Crippen molar-refractivity contribution in [2.45, 2.75) is 31.2 Å². The normalized spacial score (nSPS) is 13.2. The molecule has 1 aromatic carbocycles. The Morgan fingerprint density at radius 2 is 2.05 bits per heavy atom. The number of hydrogen-bond acceptors (Lipinski definition) is 4. The summed E-state index contributed by atoms with van der Waals surface area (Å²) in [6.07, 6.45) is 0.205. The van der Waals surface area contributed by atoms with E-state index >= 15 is 0 Å². The molecule has 2 N–H and O–H groups in total. The van der Waals surface area contributed by atoms with Crippen LogP contribution >= 0.6 is 15.9 Å². The van der Waals surface area contributed by atoms with Crippen molar-refractivity contribution in [1.29, 1.82) is 0 Å². The van der Waals surface area contributed by atoms with Gasteiger partial charge in [0.1, 0.15) is 11.8 Å². The van der Waals surface area contributed by atoms with E-state index in [-0.39, 0.29) is 17.2 Å². The fraction of sp³-hybridized carbons (Fsp3) is 0.462. The van der Waals surface area contributed by atoms with Crippen LogP contribution in [0.2, 0.25) is 0 Å². The van der Waals surface area contributed by atoms with Gasteiger partial charge in [-0.15, -0.1) is 0 Å². The predicted octanol–water partition coefficient (Wildman–Crippen LogP) is 2.24. The molecule has 1 rings (SSSR count). The first-order chi connectivity index (χ1) is 9.67. The summed E-state index contributed by atoms with van der Waals surface area (Å²) in [5.74, 6) is -0.789. The smallest absolute Gasteiger partial charge is 0.321 e. The Morgan fingerprint density at radius 3 is 2.52 bits per heavy atom. The molecule has 0 aliphatic rings. The minimum absolute atomic E-state index is 0.0440. The third kappa shape index (κ3) is 4.98. The number of rotatable bonds is 7. The lowest BCUT2D eigenvalue weighted by Crippen LogP contribution is -2.41. The van der Waals surface area contributed by atoms with Crippen molar-refractivity contribution >= 4 is 31.9 Å². The first-order valence-corrected chi connectivity index (χ1v) is 8.53. The van der Waals surface area contributed by atoms with E-state index in [1.54, 1.807) is 6.07 Å². The maximum atomic E-state index is 12.4. The number of sulfonamides is 1. The largest absolute Gasteiger partial charge is 0.497 e. The molecule has 1 atom stereocenters. The number of halogens is 1. The number of nitrogens with one attached hydrogen (secondary N) is 1. The van der Waals surface area contributed by atoms with E-state index in [2.05, 4.69) is 20.7 Å². The first-order valence-electron chi connectivity index (χ1n) is 6.26. The van der Waals surface area contributed by atoms with Gasteiger partial charge in [-0.05, 0) is 40.4 Å². The van der Waals surface area contributed by atoms with Crippen LogP contribution in [0.15, 0.2) is 27.6 Å². The van der Waals surface area contributed by atoms with Crippen molar-refractivity contribution in [3.63, 3.8) is 0 Å². The zero-order valence-electron chi connectivity index (χ0n) is 12.0. The van der Waals surface area contributed by atoms with Crippen molar-refractivity contribution < 1.29 is 23.1 Å². The van der Waals surface area contributed by atoms with Gasteiger partial charge in [-0.25, -0.2) is 8.42 Å². The molecule has 0 radical (unpaired) electrons. The van der Waals surface area contributed by atoms with Crippen LogP contribution in [0.3, 0.4) is 0 Å². The third-order valence-corrected chi connectivity index (χ3v) is 5.20. The molecular formula is C13H18BrNO5S. The minimum Gasteiger partial charge on any atom is -0.497 e. The van der Waals surface area contributed by atoms with Gasteiger partial charge >= 0.3 is 5.97 Å². The predicted molar refractivity (Wildman–Crippen MR) is 81.9 cm³/mol. The summed E-state index contributed by atoms with van der Waals surface area (Å²) in [4.78, 5) is 11.1. The van der Waals surface area contributed by atoms with Crippen LogP contribution in [0.4, 0.5) is 0 Å². The zero-order valence-corrected chi connectivity index (χ0v) is 14.4. The molecule has 0 aliphatic heterocycles. The average molecular weight is 380 g/mol. The summed E-state index contributed by atoms with van der Waals surface area (Å²) in [5.41, 5.74) is 0. The number of methoxy groups -OCH3 is 1. The number of ether oxygens (including phenoxy) is 1. The number of benzene rings is 1. The van der Waals surface area contributed by atoms with Crippen LogP contribution in [-0.4, -0.2) is 32.6 Å². The molecule has 0 saturated carbocycles. The quantitative estimate of drug-likeness (QED) is 0.757. The standard InChI is InChI=1S/C13H18BrNO5S/c1-8(2)6-11(13(16)17)15-21(18,19)12-7-9(20-3)4-5-10(12)14/h4-5,7-8,11,15H,6H2,1-3H3,(H,16,17). The van der Waals surface area contributed by atoms with Gasteiger partial charge in [-0.2, -0.15) is 4.72 Å². The summed E-state index contributed by atoms with van der Waals surface area (Å²) in [6.45, 7) is 3.65. The van der Waals surface area contributed by atoms with Crippen molar-refractivity contribution in [2.75, 3.05) is 7.11 Å². The second-order valence-corrected chi connectivity index (χ2v) is 7.47. The molecular weight excluding hydrogens is 362 g/mol. The zero-order chi connectivity index (χ0) is 16.2. The van der Waals surface area contributed by atoms with Crippen molar-refractivity contribution in [1.82, 2.24) is 4.72 Å². The summed E-state index contributed by atoms with van der Waals surface area (Å²) in [7, 11) is -2.55. The van der Waals surface area contributed by atoms with Crippen molar-refractivity contribution in [3.05, 3.63) is 22.7 Å². The molecule has 1 aromatic rings. The fourth-order valence-corrected chi connectivity index (χ4v) is 3.92. The number of carboxylic acid groups (broad SMARTS) is 1. The Morgan fingerprint density at radius 1 is 1.43 bits per heavy atom. The van der Waals surface area contributed by atoms with Crippen molar-refractivity contribution in [2.24, 2.45) is 5.92 Å². The number of carboxylic acids is 1. The highest BCUT2D eigenvalue weighted by molar-refractivity contribution is 9.10. The lowest BCUT2D eigenvalue weighted by atomic mass is 10.1. The molecule has 0 aromatic heterocycles. The van der Waals surface area contributed by atoms with E-state index in [0.29, 0.717) is 10.2 Å². The van der Waals surface area contributed by atoms with E-state index in [4.69, 9.17) is 9.84 Å². The lowest BCUT2D eigenvalue weighted by Gasteiger charge is -2.17. The second-order valence-electron chi connectivity index (χ2n) is 4.94. The number of hydrogen-bond donors (Lipinski definition) is 2. The third-order valence-electron chi connectivity index (χ3n) is 2.73. The van der Waals surface area contributed by atoms with Crippen LogP contribution in [0.25, 0.3) is 0 Å². The van der Waals surface area contributed by atoms with E-state index < -0.39 is 22.0 Å². The molecule has 0 fully saturated rings. The molecule has 0 bridgehead atoms. The Balaban J connectivity index is 3.12. The van der Waals surface area contributed by atoms with Crippen molar-refractivity contribution in [3.8, 4) is 5.75 Å². The van der Waals surface area contributed by atoms with Crippen LogP contribution in [0, 0.1) is 5.92 Å². The van der Waals surface area contributed by atoms with E-state index in [0.717, 1.165) is 0 Å². The van der Waals surface area contributed by atoms with Crippen LogP contribution in [0.1, 0.15) is 20.3 Å². The van der Waals surface area contributed by atoms with Gasteiger partial charge < -0.3 is 9.84 Å². The molecule has 0 heterocycles. The molecule has 0 amide bonds. The number of carbonyl (C=O) groups is 1. The van der Waals surface area contributed by atoms with Crippen LogP contribution in [-0.2, 0) is 14.8 Å². The van der Waals surface area contributed by atoms with Crippen LogP contribution in [0.5, 0.6) is 5.75 Å². The Labute approximate surface area is 132 Å². The van der Waals surface area contributed by atoms with Crippen LogP contribution < -0.4 is 9.46 Å². The number of aliphatic carboxylic acids is 1. The Kier molecular flexibility index (Phi) is 6.18. The van der Waals surface area contributed by atoms with Gasteiger partial charge in [0.2, 0.25) is 10.0 Å². The summed E-state index contributed by atoms with van der Waals surface area (Å²) in [5, 5.41) is 9.14. The molecule has 6 nitrogen and oxygen atoms in total. The monoisotopic (exact) mass is 379 g/mol. The van der Waals surface area contributed by atoms with Gasteiger partial charge in [0.05, 0.1) is 12.0 Å². The highest BCUT2D eigenvalue weighted by Crippen LogP contribution is 2.27. The summed E-state index contributed by atoms with van der Waals surface area (Å²) < 4.78 is 32.3. The summed E-state index contributed by atoms with van der Waals surface area (Å²) >= 11 is 3.15. The molecule has 118 valence electrons. The maximum absolute atomic E-state index is 12.4. The van der Waals surface area contributed by atoms with Gasteiger partial charge in [0.25, 0.3) is 0 Å². The molecule has 1 unspecified atom stereocenters. The first kappa shape index (κ1) is 17.9. The van der Waals surface area contributed by atoms with Gasteiger partial charge in [-0.3, -0.25) is 4.79 Å². The second kappa shape index (κ2) is 7.24. The fourth-order valence-electron chi connectivity index (χ4n) is 1.74. The van der Waals surface area contributed by atoms with Gasteiger partial charge in [-0.1, -0.05) is 13.8 Å². The minimum atomic E-state index is -3.97.